The number of thioether (sulfide) groups is 1. The molecule has 2 aromatic rings. The second-order valence-electron chi connectivity index (χ2n) is 4.81. The summed E-state index contributed by atoms with van der Waals surface area (Å²) in [5, 5.41) is -0.311. The van der Waals surface area contributed by atoms with E-state index < -0.39 is 17.5 Å². The maximum absolute atomic E-state index is 13.8. The quantitative estimate of drug-likeness (QED) is 0.813. The van der Waals surface area contributed by atoms with E-state index in [-0.39, 0.29) is 29.1 Å². The van der Waals surface area contributed by atoms with Crippen LogP contribution in [0.4, 0.5) is 13.2 Å². The van der Waals surface area contributed by atoms with E-state index in [2.05, 4.69) is 4.98 Å². The highest BCUT2D eigenvalue weighted by Crippen LogP contribution is 2.39. The summed E-state index contributed by atoms with van der Waals surface area (Å²) in [4.78, 5) is 17.5. The molecule has 1 amide bonds. The Hall–Kier alpha value is -2.02. The molecule has 1 aromatic carbocycles. The van der Waals surface area contributed by atoms with Crippen molar-refractivity contribution in [2.75, 3.05) is 5.75 Å². The van der Waals surface area contributed by atoms with Gasteiger partial charge in [-0.1, -0.05) is 12.1 Å². The molecule has 3 nitrogen and oxygen atoms in total. The first kappa shape index (κ1) is 14.9. The van der Waals surface area contributed by atoms with Gasteiger partial charge in [-0.05, 0) is 12.1 Å². The summed E-state index contributed by atoms with van der Waals surface area (Å²) in [5.74, 6) is -3.94. The fourth-order valence-electron chi connectivity index (χ4n) is 2.29. The molecule has 0 N–H and O–H groups in total. The zero-order valence-electron chi connectivity index (χ0n) is 11.3. The summed E-state index contributed by atoms with van der Waals surface area (Å²) in [5.41, 5.74) is 0.755. The van der Waals surface area contributed by atoms with Gasteiger partial charge in [0.25, 0.3) is 0 Å². The average molecular weight is 324 g/mol. The van der Waals surface area contributed by atoms with E-state index in [1.165, 1.54) is 16.7 Å². The highest BCUT2D eigenvalue weighted by molar-refractivity contribution is 8.00. The lowest BCUT2D eigenvalue weighted by Crippen LogP contribution is -2.28. The molecule has 2 heterocycles. The summed E-state index contributed by atoms with van der Waals surface area (Å²) < 4.78 is 40.1. The van der Waals surface area contributed by atoms with Gasteiger partial charge in [-0.2, -0.15) is 0 Å². The van der Waals surface area contributed by atoms with Crippen LogP contribution in [0, 0.1) is 17.5 Å². The number of nitrogens with zero attached hydrogens (tertiary/aromatic N) is 2. The van der Waals surface area contributed by atoms with Gasteiger partial charge in [-0.3, -0.25) is 9.78 Å². The smallest absolute Gasteiger partial charge is 0.234 e. The molecule has 1 fully saturated rings. The van der Waals surface area contributed by atoms with Crippen molar-refractivity contribution in [3.05, 3.63) is 65.2 Å². The second-order valence-corrected chi connectivity index (χ2v) is 5.87. The minimum absolute atomic E-state index is 0.0522. The van der Waals surface area contributed by atoms with Crippen LogP contribution in [0.25, 0.3) is 0 Å². The molecule has 3 rings (SSSR count). The molecule has 0 saturated carbocycles. The molecular weight excluding hydrogens is 313 g/mol. The normalized spacial score (nSPS) is 18.0. The van der Waals surface area contributed by atoms with Gasteiger partial charge in [0.1, 0.15) is 5.37 Å². The molecule has 22 heavy (non-hydrogen) atoms. The van der Waals surface area contributed by atoms with Crippen LogP contribution >= 0.6 is 11.8 Å². The van der Waals surface area contributed by atoms with E-state index >= 15 is 0 Å². The van der Waals surface area contributed by atoms with Crippen LogP contribution in [0.2, 0.25) is 0 Å². The van der Waals surface area contributed by atoms with Crippen LogP contribution in [-0.4, -0.2) is 21.5 Å². The van der Waals surface area contributed by atoms with Crippen molar-refractivity contribution in [3.63, 3.8) is 0 Å². The van der Waals surface area contributed by atoms with Crippen molar-refractivity contribution < 1.29 is 18.0 Å². The predicted octanol–water partition coefficient (Wildman–Crippen LogP) is 3.27. The molecule has 0 radical (unpaired) electrons. The number of pyridine rings is 1. The van der Waals surface area contributed by atoms with Crippen molar-refractivity contribution in [1.29, 1.82) is 0 Å². The summed E-state index contributed by atoms with van der Waals surface area (Å²) >= 11 is 1.39. The predicted molar refractivity (Wildman–Crippen MR) is 76.3 cm³/mol. The summed E-state index contributed by atoms with van der Waals surface area (Å²) in [6.45, 7) is -0.117. The number of hydrogen-bond acceptors (Lipinski definition) is 3. The third-order valence-corrected chi connectivity index (χ3v) is 4.65. The number of aromatic nitrogens is 1. The van der Waals surface area contributed by atoms with E-state index in [4.69, 9.17) is 0 Å². The van der Waals surface area contributed by atoms with Crippen LogP contribution < -0.4 is 0 Å². The Morgan fingerprint density at radius 1 is 1.23 bits per heavy atom. The lowest BCUT2D eigenvalue weighted by molar-refractivity contribution is -0.128. The Labute approximate surface area is 129 Å². The molecule has 0 bridgehead atoms. The van der Waals surface area contributed by atoms with Crippen LogP contribution in [0.15, 0.2) is 36.7 Å². The first-order valence-electron chi connectivity index (χ1n) is 6.51. The van der Waals surface area contributed by atoms with Crippen molar-refractivity contribution >= 4 is 17.7 Å². The number of halogens is 3. The average Bonchev–Trinajstić information content (AvgIpc) is 2.90. The third-order valence-electron chi connectivity index (χ3n) is 3.39. The first-order valence-corrected chi connectivity index (χ1v) is 7.56. The van der Waals surface area contributed by atoms with Crippen molar-refractivity contribution in [3.8, 4) is 0 Å². The topological polar surface area (TPSA) is 33.2 Å². The van der Waals surface area contributed by atoms with Gasteiger partial charge < -0.3 is 4.90 Å². The summed E-state index contributed by atoms with van der Waals surface area (Å²) in [7, 11) is 0. The molecule has 1 saturated heterocycles. The Bertz CT molecular complexity index is 711. The Morgan fingerprint density at radius 3 is 2.77 bits per heavy atom. The maximum atomic E-state index is 13.8. The highest BCUT2D eigenvalue weighted by atomic mass is 32.2. The molecule has 1 atom stereocenters. The van der Waals surface area contributed by atoms with E-state index in [1.54, 1.807) is 18.5 Å². The van der Waals surface area contributed by atoms with Gasteiger partial charge in [0, 0.05) is 23.5 Å². The van der Waals surface area contributed by atoms with E-state index in [0.29, 0.717) is 0 Å². The highest BCUT2D eigenvalue weighted by Gasteiger charge is 2.33. The van der Waals surface area contributed by atoms with Crippen molar-refractivity contribution in [1.82, 2.24) is 9.88 Å². The zero-order valence-corrected chi connectivity index (χ0v) is 12.1. The van der Waals surface area contributed by atoms with Crippen LogP contribution in [0.1, 0.15) is 16.5 Å². The van der Waals surface area contributed by atoms with Gasteiger partial charge in [-0.25, -0.2) is 13.2 Å². The van der Waals surface area contributed by atoms with Crippen molar-refractivity contribution in [2.45, 2.75) is 11.9 Å². The minimum Gasteiger partial charge on any atom is -0.321 e. The van der Waals surface area contributed by atoms with Crippen LogP contribution in [-0.2, 0) is 11.3 Å². The van der Waals surface area contributed by atoms with Gasteiger partial charge in [0.05, 0.1) is 12.3 Å². The summed E-state index contributed by atoms with van der Waals surface area (Å²) in [6, 6.07) is 5.58. The fraction of sp³-hybridized carbons (Fsp3) is 0.200. The van der Waals surface area contributed by atoms with E-state index in [0.717, 1.165) is 17.7 Å². The Balaban J connectivity index is 1.90. The molecular formula is C15H11F3N2OS. The lowest BCUT2D eigenvalue weighted by Gasteiger charge is -2.24. The molecule has 7 heteroatoms. The Morgan fingerprint density at radius 2 is 2.05 bits per heavy atom. The van der Waals surface area contributed by atoms with E-state index in [1.807, 2.05) is 6.07 Å². The number of carbonyl (C=O) groups is 1. The number of hydrogen-bond donors (Lipinski definition) is 0. The third kappa shape index (κ3) is 2.68. The largest absolute Gasteiger partial charge is 0.321 e. The van der Waals surface area contributed by atoms with Gasteiger partial charge in [-0.15, -0.1) is 11.8 Å². The lowest BCUT2D eigenvalue weighted by atomic mass is 10.1. The van der Waals surface area contributed by atoms with Crippen LogP contribution in [0.5, 0.6) is 0 Å². The fourth-order valence-corrected chi connectivity index (χ4v) is 3.46. The maximum Gasteiger partial charge on any atom is 0.234 e. The molecule has 1 unspecified atom stereocenters. The molecule has 1 aliphatic rings. The van der Waals surface area contributed by atoms with E-state index in [9.17, 15) is 18.0 Å². The van der Waals surface area contributed by atoms with Crippen molar-refractivity contribution in [2.24, 2.45) is 0 Å². The minimum atomic E-state index is -1.52. The number of amides is 1. The zero-order chi connectivity index (χ0) is 15.7. The molecule has 1 aliphatic heterocycles. The monoisotopic (exact) mass is 324 g/mol. The molecule has 1 aromatic heterocycles. The standard InChI is InChI=1S/C15H11F3N2OS/c16-11-4-3-10(13(17)14(11)18)7-20-12(21)8-22-15(20)9-2-1-5-19-6-9/h1-6,15H,7-8H2. The first-order chi connectivity index (χ1) is 10.6. The van der Waals surface area contributed by atoms with Gasteiger partial charge in [0.2, 0.25) is 5.91 Å². The second kappa shape index (κ2) is 6.00. The van der Waals surface area contributed by atoms with Gasteiger partial charge >= 0.3 is 0 Å². The number of benzene rings is 1. The SMILES string of the molecule is O=C1CSC(c2cccnc2)N1Cc1ccc(F)c(F)c1F. The van der Waals surface area contributed by atoms with Gasteiger partial charge in [0.15, 0.2) is 17.5 Å². The summed E-state index contributed by atoms with van der Waals surface area (Å²) in [6.07, 6.45) is 3.25. The molecule has 114 valence electrons. The Kier molecular flexibility index (Phi) is 4.06. The number of rotatable bonds is 3. The molecule has 0 spiro atoms. The van der Waals surface area contributed by atoms with Crippen LogP contribution in [0.3, 0.4) is 0 Å². The number of carbonyl (C=O) groups excluding carboxylic acids is 1. The molecule has 0 aliphatic carbocycles.